The zero-order valence-corrected chi connectivity index (χ0v) is 16.2. The van der Waals surface area contributed by atoms with Gasteiger partial charge in [-0.15, -0.1) is 0 Å². The zero-order valence-electron chi connectivity index (χ0n) is 16.2. The summed E-state index contributed by atoms with van der Waals surface area (Å²) in [6, 6.07) is 8.04. The molecule has 0 saturated heterocycles. The lowest BCUT2D eigenvalue weighted by Gasteiger charge is -2.30. The van der Waals surface area contributed by atoms with E-state index < -0.39 is 11.6 Å². The molecule has 0 spiro atoms. The molecule has 29 heavy (non-hydrogen) atoms. The van der Waals surface area contributed by atoms with Gasteiger partial charge >= 0.3 is 0 Å². The second kappa shape index (κ2) is 7.39. The number of rotatable bonds is 3. The number of aromatic nitrogens is 2. The lowest BCUT2D eigenvalue weighted by atomic mass is 9.99. The molecule has 0 saturated carbocycles. The van der Waals surface area contributed by atoms with Crippen LogP contribution in [0, 0.1) is 31.3 Å². The van der Waals surface area contributed by atoms with Gasteiger partial charge in [0.2, 0.25) is 5.91 Å². The van der Waals surface area contributed by atoms with Crippen LogP contribution in [-0.4, -0.2) is 22.2 Å². The number of fused-ring (bicyclic) bond motifs is 1. The number of hydrogen-bond acceptors (Lipinski definition) is 2. The first-order valence-electron chi connectivity index (χ1n) is 9.44. The summed E-state index contributed by atoms with van der Waals surface area (Å²) in [6.45, 7) is 4.03. The predicted molar refractivity (Wildman–Crippen MR) is 104 cm³/mol. The van der Waals surface area contributed by atoms with E-state index in [1.165, 1.54) is 23.1 Å². The van der Waals surface area contributed by atoms with E-state index in [-0.39, 0.29) is 23.8 Å². The van der Waals surface area contributed by atoms with E-state index in [1.54, 1.807) is 23.7 Å². The van der Waals surface area contributed by atoms with Crippen LogP contribution in [0.4, 0.5) is 18.9 Å². The van der Waals surface area contributed by atoms with Crippen molar-refractivity contribution in [1.29, 1.82) is 0 Å². The summed E-state index contributed by atoms with van der Waals surface area (Å²) in [6.07, 6.45) is 1.23. The maximum atomic E-state index is 14.4. The minimum absolute atomic E-state index is 0.0507. The molecule has 0 aliphatic carbocycles. The molecule has 1 aliphatic rings. The van der Waals surface area contributed by atoms with Crippen LogP contribution < -0.4 is 4.90 Å². The van der Waals surface area contributed by atoms with E-state index in [9.17, 15) is 18.0 Å². The molecule has 0 N–H and O–H groups in total. The minimum Gasteiger partial charge on any atom is -0.309 e. The van der Waals surface area contributed by atoms with Crippen LogP contribution in [0.2, 0.25) is 0 Å². The Morgan fingerprint density at radius 3 is 2.52 bits per heavy atom. The molecular formula is C22H20F3N3O. The third-order valence-corrected chi connectivity index (χ3v) is 5.35. The van der Waals surface area contributed by atoms with Crippen molar-refractivity contribution in [3.63, 3.8) is 0 Å². The molecule has 0 radical (unpaired) electrons. The zero-order chi connectivity index (χ0) is 20.7. The van der Waals surface area contributed by atoms with Crippen molar-refractivity contribution < 1.29 is 18.0 Å². The Bertz CT molecular complexity index is 1090. The van der Waals surface area contributed by atoms with Crippen LogP contribution in [0.15, 0.2) is 36.4 Å². The fourth-order valence-corrected chi connectivity index (χ4v) is 3.91. The first-order chi connectivity index (χ1) is 13.8. The molecule has 2 heterocycles. The van der Waals surface area contributed by atoms with E-state index in [0.717, 1.165) is 17.3 Å². The summed E-state index contributed by atoms with van der Waals surface area (Å²) in [4.78, 5) is 14.4. The number of nitrogens with zero attached hydrogens (tertiary/aromatic N) is 3. The van der Waals surface area contributed by atoms with E-state index in [2.05, 4.69) is 5.10 Å². The van der Waals surface area contributed by atoms with Crippen LogP contribution in [0.3, 0.4) is 0 Å². The smallest absolute Gasteiger partial charge is 0.231 e. The van der Waals surface area contributed by atoms with Gasteiger partial charge in [0, 0.05) is 23.9 Å². The largest absolute Gasteiger partial charge is 0.309 e. The number of hydrogen-bond donors (Lipinski definition) is 0. The van der Waals surface area contributed by atoms with Gasteiger partial charge in [-0.2, -0.15) is 5.10 Å². The van der Waals surface area contributed by atoms with Gasteiger partial charge in [-0.25, -0.2) is 17.9 Å². The molecule has 3 aromatic rings. The van der Waals surface area contributed by atoms with Gasteiger partial charge in [-0.3, -0.25) is 4.79 Å². The highest BCUT2D eigenvalue weighted by Gasteiger charge is 2.28. The molecule has 4 nitrogen and oxygen atoms in total. The van der Waals surface area contributed by atoms with Crippen molar-refractivity contribution in [2.45, 2.75) is 33.1 Å². The Morgan fingerprint density at radius 2 is 1.79 bits per heavy atom. The first-order valence-corrected chi connectivity index (χ1v) is 9.44. The van der Waals surface area contributed by atoms with E-state index in [1.807, 2.05) is 6.92 Å². The highest BCUT2D eigenvalue weighted by atomic mass is 19.1. The highest BCUT2D eigenvalue weighted by molar-refractivity contribution is 5.96. The van der Waals surface area contributed by atoms with E-state index in [4.69, 9.17) is 0 Å². The first kappa shape index (κ1) is 19.2. The predicted octanol–water partition coefficient (Wildman–Crippen LogP) is 4.43. The molecule has 0 unspecified atom stereocenters. The Balaban J connectivity index is 1.65. The van der Waals surface area contributed by atoms with Crippen LogP contribution in [0.1, 0.15) is 28.9 Å². The molecular weight excluding hydrogens is 379 g/mol. The highest BCUT2D eigenvalue weighted by Crippen LogP contribution is 2.32. The number of carbonyl (C=O) groups excluding carboxylic acids is 1. The fraction of sp³-hybridized carbons (Fsp3) is 0.273. The Labute approximate surface area is 166 Å². The van der Waals surface area contributed by atoms with Crippen LogP contribution >= 0.6 is 0 Å². The SMILES string of the molecule is Cc1nn(-c2ccc(F)cc2)c(C)c1CC(=O)N1CCCc2cc(F)cc(F)c21. The van der Waals surface area contributed by atoms with Crippen molar-refractivity contribution in [3.05, 3.63) is 76.4 Å². The van der Waals surface area contributed by atoms with Crippen LogP contribution in [0.5, 0.6) is 0 Å². The summed E-state index contributed by atoms with van der Waals surface area (Å²) in [5.74, 6) is -1.96. The third-order valence-electron chi connectivity index (χ3n) is 5.35. The van der Waals surface area contributed by atoms with Crippen molar-refractivity contribution in [1.82, 2.24) is 9.78 Å². The molecule has 0 bridgehead atoms. The minimum atomic E-state index is -0.719. The third kappa shape index (κ3) is 3.52. The molecule has 1 amide bonds. The second-order valence-corrected chi connectivity index (χ2v) is 7.26. The molecule has 7 heteroatoms. The number of benzene rings is 2. The van der Waals surface area contributed by atoms with Crippen LogP contribution in [-0.2, 0) is 17.6 Å². The van der Waals surface area contributed by atoms with Crippen molar-refractivity contribution >= 4 is 11.6 Å². The molecule has 4 rings (SSSR count). The quantitative estimate of drug-likeness (QED) is 0.654. The van der Waals surface area contributed by atoms with Gasteiger partial charge in [0.25, 0.3) is 0 Å². The summed E-state index contributed by atoms with van der Waals surface area (Å²) in [7, 11) is 0. The Hall–Kier alpha value is -3.09. The van der Waals surface area contributed by atoms with E-state index >= 15 is 0 Å². The van der Waals surface area contributed by atoms with E-state index in [0.29, 0.717) is 36.3 Å². The fourth-order valence-electron chi connectivity index (χ4n) is 3.91. The van der Waals surface area contributed by atoms with Gasteiger partial charge < -0.3 is 4.90 Å². The van der Waals surface area contributed by atoms with Crippen molar-refractivity contribution in [3.8, 4) is 5.69 Å². The topological polar surface area (TPSA) is 38.1 Å². The maximum absolute atomic E-state index is 14.4. The summed E-state index contributed by atoms with van der Waals surface area (Å²) in [5.41, 5.74) is 3.56. The van der Waals surface area contributed by atoms with Gasteiger partial charge in [-0.1, -0.05) is 0 Å². The lowest BCUT2D eigenvalue weighted by molar-refractivity contribution is -0.118. The summed E-state index contributed by atoms with van der Waals surface area (Å²) in [5, 5.41) is 4.48. The molecule has 0 fully saturated rings. The Kier molecular flexibility index (Phi) is 4.90. The number of anilines is 1. The van der Waals surface area contributed by atoms with Crippen LogP contribution in [0.25, 0.3) is 5.69 Å². The van der Waals surface area contributed by atoms with Gasteiger partial charge in [0.05, 0.1) is 23.5 Å². The summed E-state index contributed by atoms with van der Waals surface area (Å²) < 4.78 is 42.8. The normalized spacial score (nSPS) is 13.5. The average molecular weight is 399 g/mol. The maximum Gasteiger partial charge on any atom is 0.231 e. The van der Waals surface area contributed by atoms with Crippen molar-refractivity contribution in [2.24, 2.45) is 0 Å². The molecule has 1 aliphatic heterocycles. The number of carbonyl (C=O) groups is 1. The Morgan fingerprint density at radius 1 is 1.07 bits per heavy atom. The van der Waals surface area contributed by atoms with Crippen molar-refractivity contribution in [2.75, 3.05) is 11.4 Å². The molecule has 2 aromatic carbocycles. The van der Waals surface area contributed by atoms with Gasteiger partial charge in [-0.05, 0) is 62.6 Å². The number of halogens is 3. The number of amides is 1. The van der Waals surface area contributed by atoms with Gasteiger partial charge in [0.15, 0.2) is 0 Å². The standard InChI is InChI=1S/C22H20F3N3O/c1-13-19(14(2)28(26-13)18-7-5-16(23)6-8-18)12-21(29)27-9-3-4-15-10-17(24)11-20(25)22(15)27/h5-8,10-11H,3-4,9,12H2,1-2H3. The average Bonchev–Trinajstić information content (AvgIpc) is 2.96. The molecule has 0 atom stereocenters. The molecule has 1 aromatic heterocycles. The monoisotopic (exact) mass is 399 g/mol. The summed E-state index contributed by atoms with van der Waals surface area (Å²) >= 11 is 0. The second-order valence-electron chi connectivity index (χ2n) is 7.26. The molecule has 150 valence electrons. The van der Waals surface area contributed by atoms with Gasteiger partial charge in [0.1, 0.15) is 17.5 Å². The number of aryl methyl sites for hydroxylation is 2. The lowest BCUT2D eigenvalue weighted by Crippen LogP contribution is -2.37.